The molecule has 5 aromatic rings. The molecule has 4 heteroatoms. The Hall–Kier alpha value is -3.34. The van der Waals surface area contributed by atoms with Gasteiger partial charge < -0.3 is 20.6 Å². The van der Waals surface area contributed by atoms with Crippen LogP contribution < -0.4 is 10.6 Å². The minimum atomic E-state index is 0.565. The summed E-state index contributed by atoms with van der Waals surface area (Å²) < 4.78 is 0. The molecule has 0 spiro atoms. The van der Waals surface area contributed by atoms with Crippen molar-refractivity contribution in [1.82, 2.24) is 20.6 Å². The van der Waals surface area contributed by atoms with E-state index in [2.05, 4.69) is 106 Å². The smallest absolute Gasteiger partial charge is 0.0456 e. The second kappa shape index (κ2) is 10.1. The molecular weight excluding hydrogens is 512 g/mol. The number of fused-ring (bicyclic) bond motifs is 6. The molecule has 2 aromatic heterocycles. The number of aromatic amines is 2. The maximum Gasteiger partial charge on any atom is 0.0456 e. The van der Waals surface area contributed by atoms with Crippen LogP contribution in [0.2, 0.25) is 0 Å². The van der Waals surface area contributed by atoms with E-state index in [9.17, 15) is 0 Å². The first-order chi connectivity index (χ1) is 20.8. The highest BCUT2D eigenvalue weighted by Crippen LogP contribution is 2.55. The first-order valence-electron chi connectivity index (χ1n) is 16.5. The van der Waals surface area contributed by atoms with Crippen LogP contribution in [0.3, 0.4) is 0 Å². The summed E-state index contributed by atoms with van der Waals surface area (Å²) in [6.45, 7) is 1.90. The van der Waals surface area contributed by atoms with Gasteiger partial charge in [-0.1, -0.05) is 60.7 Å². The Bertz CT molecular complexity index is 1610. The number of hydrogen-bond donors (Lipinski definition) is 4. The van der Waals surface area contributed by atoms with Crippen LogP contribution in [0.1, 0.15) is 72.6 Å². The molecule has 4 bridgehead atoms. The zero-order valence-electron chi connectivity index (χ0n) is 24.4. The maximum absolute atomic E-state index is 4.08. The van der Waals surface area contributed by atoms with Crippen molar-refractivity contribution in [2.75, 3.05) is 0 Å². The molecule has 8 atom stereocenters. The third-order valence-corrected chi connectivity index (χ3v) is 11.9. The summed E-state index contributed by atoms with van der Waals surface area (Å²) in [6, 6.07) is 28.2. The van der Waals surface area contributed by atoms with Crippen molar-refractivity contribution < 1.29 is 0 Å². The van der Waals surface area contributed by atoms with Crippen LogP contribution in [0, 0.1) is 23.7 Å². The van der Waals surface area contributed by atoms with Gasteiger partial charge in [0.25, 0.3) is 0 Å². The van der Waals surface area contributed by atoms with Crippen LogP contribution in [0.4, 0.5) is 0 Å². The Balaban J connectivity index is 0.902. The largest absolute Gasteiger partial charge is 0.361 e. The molecule has 2 heterocycles. The Morgan fingerprint density at radius 2 is 1.02 bits per heavy atom. The normalized spacial score (nSPS) is 31.6. The van der Waals surface area contributed by atoms with Crippen molar-refractivity contribution >= 4 is 21.8 Å². The van der Waals surface area contributed by atoms with Gasteiger partial charge in [0, 0.05) is 71.2 Å². The van der Waals surface area contributed by atoms with Gasteiger partial charge in [-0.25, -0.2) is 0 Å². The van der Waals surface area contributed by atoms with E-state index < -0.39 is 0 Å². The van der Waals surface area contributed by atoms with Crippen LogP contribution in [0.25, 0.3) is 21.8 Å². The molecule has 214 valence electrons. The second-order valence-corrected chi connectivity index (χ2v) is 13.9. The third kappa shape index (κ3) is 4.10. The number of H-pyrrole nitrogens is 2. The van der Waals surface area contributed by atoms with Crippen LogP contribution in [0.5, 0.6) is 0 Å². The van der Waals surface area contributed by atoms with Crippen LogP contribution in [-0.2, 0) is 13.1 Å². The number of nitrogens with one attached hydrogen (secondary N) is 4. The standard InChI is InChI=1S/C38H42N4/c1-3-10-33-29(8-1)31(21-39-33)35-25-12-14-27(17-25)37(35)41-19-23-6-5-7-24(16-23)20-42-38-28-15-13-26(18-28)36(38)32-22-40-34-11-4-2-9-30(32)34/h1-11,16,21-22,25-28,35-42H,12-15,17-20H2. The first kappa shape index (κ1) is 25.2. The molecule has 3 aromatic carbocycles. The third-order valence-electron chi connectivity index (χ3n) is 11.9. The fraction of sp³-hybridized carbons (Fsp3) is 0.421. The molecule has 4 N–H and O–H groups in total. The van der Waals surface area contributed by atoms with Gasteiger partial charge in [0.1, 0.15) is 0 Å². The molecule has 4 fully saturated rings. The topological polar surface area (TPSA) is 55.6 Å². The molecule has 0 saturated heterocycles. The van der Waals surface area contributed by atoms with E-state index >= 15 is 0 Å². The van der Waals surface area contributed by atoms with Crippen molar-refractivity contribution in [3.63, 3.8) is 0 Å². The average molecular weight is 555 g/mol. The van der Waals surface area contributed by atoms with E-state index in [1.807, 2.05) is 0 Å². The Morgan fingerprint density at radius 1 is 0.548 bits per heavy atom. The molecule has 4 nitrogen and oxygen atoms in total. The quantitative estimate of drug-likeness (QED) is 0.157. The van der Waals surface area contributed by atoms with Crippen LogP contribution >= 0.6 is 0 Å². The SMILES string of the molecule is c1cc(CNC2C3CCC(C3)C2c2c[nH]c3ccccc23)cc(CNC2C3CCC(C3)C2c2c[nH]c3ccccc23)c1. The van der Waals surface area contributed by atoms with Gasteiger partial charge in [-0.3, -0.25) is 0 Å². The van der Waals surface area contributed by atoms with E-state index in [1.165, 1.54) is 82.6 Å². The minimum absolute atomic E-state index is 0.565. The highest BCUT2D eigenvalue weighted by atomic mass is 15.0. The highest BCUT2D eigenvalue weighted by molar-refractivity contribution is 5.84. The zero-order valence-corrected chi connectivity index (χ0v) is 24.4. The predicted octanol–water partition coefficient (Wildman–Crippen LogP) is 7.99. The number of aromatic nitrogens is 2. The maximum atomic E-state index is 4.08. The summed E-state index contributed by atoms with van der Waals surface area (Å²) >= 11 is 0. The number of benzene rings is 3. The van der Waals surface area contributed by atoms with Gasteiger partial charge >= 0.3 is 0 Å². The van der Waals surface area contributed by atoms with Gasteiger partial charge in [-0.05, 0) is 96.6 Å². The summed E-state index contributed by atoms with van der Waals surface area (Å²) in [5.41, 5.74) is 8.44. The molecule has 42 heavy (non-hydrogen) atoms. The van der Waals surface area contributed by atoms with Crippen molar-refractivity contribution in [2.24, 2.45) is 23.7 Å². The lowest BCUT2D eigenvalue weighted by molar-refractivity contribution is 0.309. The van der Waals surface area contributed by atoms with Crippen LogP contribution in [-0.4, -0.2) is 22.1 Å². The molecule has 4 aliphatic carbocycles. The molecule has 9 rings (SSSR count). The molecule has 0 amide bonds. The fourth-order valence-corrected chi connectivity index (χ4v) is 10.1. The van der Waals surface area contributed by atoms with Crippen molar-refractivity contribution in [3.05, 3.63) is 107 Å². The summed E-state index contributed by atoms with van der Waals surface area (Å²) in [5.74, 6) is 4.46. The summed E-state index contributed by atoms with van der Waals surface area (Å²) in [5, 5.41) is 11.0. The van der Waals surface area contributed by atoms with Crippen LogP contribution in [0.15, 0.2) is 85.2 Å². The molecule has 0 radical (unpaired) electrons. The molecule has 8 unspecified atom stereocenters. The highest BCUT2D eigenvalue weighted by Gasteiger charge is 2.49. The zero-order chi connectivity index (χ0) is 27.6. The Labute approximate surface area is 248 Å². The van der Waals surface area contributed by atoms with E-state index in [0.717, 1.165) is 36.8 Å². The average Bonchev–Trinajstić information content (AvgIpc) is 3.88. The van der Waals surface area contributed by atoms with Gasteiger partial charge in [-0.15, -0.1) is 0 Å². The van der Waals surface area contributed by atoms with E-state index in [-0.39, 0.29) is 0 Å². The Kier molecular flexibility index (Phi) is 6.08. The summed E-state index contributed by atoms with van der Waals surface area (Å²) in [4.78, 5) is 7.11. The fourth-order valence-electron chi connectivity index (χ4n) is 10.1. The number of para-hydroxylation sites is 2. The van der Waals surface area contributed by atoms with Crippen molar-refractivity contribution in [2.45, 2.75) is 75.5 Å². The van der Waals surface area contributed by atoms with Gasteiger partial charge in [0.2, 0.25) is 0 Å². The van der Waals surface area contributed by atoms with Crippen molar-refractivity contribution in [3.8, 4) is 0 Å². The van der Waals surface area contributed by atoms with Gasteiger partial charge in [0.15, 0.2) is 0 Å². The van der Waals surface area contributed by atoms with Crippen molar-refractivity contribution in [1.29, 1.82) is 0 Å². The number of hydrogen-bond acceptors (Lipinski definition) is 2. The molecular formula is C38H42N4. The summed E-state index contributed by atoms with van der Waals surface area (Å²) in [7, 11) is 0. The van der Waals surface area contributed by atoms with E-state index in [4.69, 9.17) is 0 Å². The lowest BCUT2D eigenvalue weighted by atomic mass is 9.79. The lowest BCUT2D eigenvalue weighted by Gasteiger charge is -2.32. The molecule has 4 saturated carbocycles. The number of rotatable bonds is 8. The molecule has 4 aliphatic rings. The Morgan fingerprint density at radius 3 is 1.55 bits per heavy atom. The lowest BCUT2D eigenvalue weighted by Crippen LogP contribution is -2.39. The first-order valence-corrected chi connectivity index (χ1v) is 16.5. The second-order valence-electron chi connectivity index (χ2n) is 13.9. The van der Waals surface area contributed by atoms with E-state index in [0.29, 0.717) is 23.9 Å². The van der Waals surface area contributed by atoms with Gasteiger partial charge in [-0.2, -0.15) is 0 Å². The molecule has 0 aliphatic heterocycles. The van der Waals surface area contributed by atoms with Gasteiger partial charge in [0.05, 0.1) is 0 Å². The summed E-state index contributed by atoms with van der Waals surface area (Å²) in [6.07, 6.45) is 12.9. The minimum Gasteiger partial charge on any atom is -0.361 e. The monoisotopic (exact) mass is 554 g/mol. The predicted molar refractivity (Wildman–Crippen MR) is 171 cm³/mol. The van der Waals surface area contributed by atoms with E-state index in [1.54, 1.807) is 0 Å².